The van der Waals surface area contributed by atoms with Gasteiger partial charge in [0.2, 0.25) is 5.91 Å². The van der Waals surface area contributed by atoms with Gasteiger partial charge in [0.05, 0.1) is 6.04 Å². The SMILES string of the molecule is C/C=C/CCNC(=O)C1CCCN1. The van der Waals surface area contributed by atoms with E-state index in [1.165, 1.54) is 0 Å². The van der Waals surface area contributed by atoms with Gasteiger partial charge in [-0.15, -0.1) is 0 Å². The molecule has 3 nitrogen and oxygen atoms in total. The summed E-state index contributed by atoms with van der Waals surface area (Å²) < 4.78 is 0. The minimum absolute atomic E-state index is 0.0607. The van der Waals surface area contributed by atoms with Gasteiger partial charge < -0.3 is 10.6 Å². The van der Waals surface area contributed by atoms with Crippen LogP contribution in [0.2, 0.25) is 0 Å². The quantitative estimate of drug-likeness (QED) is 0.499. The Morgan fingerprint density at radius 3 is 3.15 bits per heavy atom. The lowest BCUT2D eigenvalue weighted by Gasteiger charge is -2.09. The molecule has 0 saturated carbocycles. The van der Waals surface area contributed by atoms with Gasteiger partial charge in [-0.25, -0.2) is 0 Å². The van der Waals surface area contributed by atoms with E-state index in [1.807, 2.05) is 13.0 Å². The van der Waals surface area contributed by atoms with Crippen molar-refractivity contribution in [1.29, 1.82) is 0 Å². The molecule has 1 rings (SSSR count). The van der Waals surface area contributed by atoms with Crippen LogP contribution >= 0.6 is 0 Å². The molecule has 0 aromatic carbocycles. The Bertz CT molecular complexity index is 183. The van der Waals surface area contributed by atoms with Crippen LogP contribution in [0.3, 0.4) is 0 Å². The van der Waals surface area contributed by atoms with Crippen molar-refractivity contribution in [2.24, 2.45) is 0 Å². The third-order valence-electron chi connectivity index (χ3n) is 2.22. The maximum absolute atomic E-state index is 11.4. The summed E-state index contributed by atoms with van der Waals surface area (Å²) in [4.78, 5) is 11.4. The van der Waals surface area contributed by atoms with Gasteiger partial charge in [-0.05, 0) is 32.7 Å². The number of hydrogen-bond donors (Lipinski definition) is 2. The fourth-order valence-electron chi connectivity index (χ4n) is 1.48. The summed E-state index contributed by atoms with van der Waals surface area (Å²) >= 11 is 0. The molecular weight excluding hydrogens is 164 g/mol. The predicted octanol–water partition coefficient (Wildman–Crippen LogP) is 0.821. The molecule has 1 aliphatic heterocycles. The summed E-state index contributed by atoms with van der Waals surface area (Å²) in [5.41, 5.74) is 0. The third-order valence-corrected chi connectivity index (χ3v) is 2.22. The molecule has 1 heterocycles. The van der Waals surface area contributed by atoms with Gasteiger partial charge in [0.25, 0.3) is 0 Å². The van der Waals surface area contributed by atoms with Crippen molar-refractivity contribution in [2.45, 2.75) is 32.2 Å². The minimum atomic E-state index is 0.0607. The fourth-order valence-corrected chi connectivity index (χ4v) is 1.48. The van der Waals surface area contributed by atoms with Crippen LogP contribution in [0.4, 0.5) is 0 Å². The van der Waals surface area contributed by atoms with Crippen molar-refractivity contribution in [3.05, 3.63) is 12.2 Å². The summed E-state index contributed by atoms with van der Waals surface area (Å²) in [7, 11) is 0. The molecule has 1 unspecified atom stereocenters. The molecule has 1 saturated heterocycles. The Morgan fingerprint density at radius 1 is 1.69 bits per heavy atom. The Hall–Kier alpha value is -0.830. The van der Waals surface area contributed by atoms with Crippen molar-refractivity contribution in [3.8, 4) is 0 Å². The molecule has 0 aromatic rings. The predicted molar refractivity (Wildman–Crippen MR) is 53.5 cm³/mol. The number of allylic oxidation sites excluding steroid dienone is 1. The highest BCUT2D eigenvalue weighted by molar-refractivity contribution is 5.81. The Morgan fingerprint density at radius 2 is 2.54 bits per heavy atom. The maximum atomic E-state index is 11.4. The molecule has 1 amide bonds. The highest BCUT2D eigenvalue weighted by Crippen LogP contribution is 2.04. The van der Waals surface area contributed by atoms with Crippen LogP contribution in [0.1, 0.15) is 26.2 Å². The second-order valence-corrected chi connectivity index (χ2v) is 3.30. The average molecular weight is 182 g/mol. The van der Waals surface area contributed by atoms with E-state index in [-0.39, 0.29) is 11.9 Å². The van der Waals surface area contributed by atoms with Gasteiger partial charge in [0, 0.05) is 6.54 Å². The van der Waals surface area contributed by atoms with Gasteiger partial charge in [-0.2, -0.15) is 0 Å². The maximum Gasteiger partial charge on any atom is 0.237 e. The van der Waals surface area contributed by atoms with Gasteiger partial charge in [0.1, 0.15) is 0 Å². The summed E-state index contributed by atoms with van der Waals surface area (Å²) in [6, 6.07) is 0.0607. The number of carbonyl (C=O) groups is 1. The first-order chi connectivity index (χ1) is 6.34. The van der Waals surface area contributed by atoms with Crippen molar-refractivity contribution in [3.63, 3.8) is 0 Å². The molecule has 1 atom stereocenters. The second-order valence-electron chi connectivity index (χ2n) is 3.30. The normalized spacial score (nSPS) is 22.4. The first kappa shape index (κ1) is 10.3. The van der Waals surface area contributed by atoms with Crippen molar-refractivity contribution in [2.75, 3.05) is 13.1 Å². The smallest absolute Gasteiger partial charge is 0.237 e. The van der Waals surface area contributed by atoms with Crippen molar-refractivity contribution in [1.82, 2.24) is 10.6 Å². The fraction of sp³-hybridized carbons (Fsp3) is 0.700. The van der Waals surface area contributed by atoms with Crippen LogP contribution in [0.15, 0.2) is 12.2 Å². The average Bonchev–Trinajstić information content (AvgIpc) is 2.65. The van der Waals surface area contributed by atoms with Crippen LogP contribution in [0, 0.1) is 0 Å². The van der Waals surface area contributed by atoms with Crippen LogP contribution < -0.4 is 10.6 Å². The van der Waals surface area contributed by atoms with Crippen LogP contribution in [0.25, 0.3) is 0 Å². The van der Waals surface area contributed by atoms with E-state index in [1.54, 1.807) is 0 Å². The molecule has 0 spiro atoms. The van der Waals surface area contributed by atoms with Crippen LogP contribution in [-0.2, 0) is 4.79 Å². The van der Waals surface area contributed by atoms with E-state index >= 15 is 0 Å². The number of rotatable bonds is 4. The molecule has 0 radical (unpaired) electrons. The van der Waals surface area contributed by atoms with E-state index in [4.69, 9.17) is 0 Å². The van der Waals surface area contributed by atoms with Gasteiger partial charge >= 0.3 is 0 Å². The van der Waals surface area contributed by atoms with Crippen molar-refractivity contribution >= 4 is 5.91 Å². The Balaban J connectivity index is 2.09. The minimum Gasteiger partial charge on any atom is -0.354 e. The van der Waals surface area contributed by atoms with E-state index in [0.29, 0.717) is 0 Å². The first-order valence-corrected chi connectivity index (χ1v) is 4.97. The van der Waals surface area contributed by atoms with Crippen LogP contribution in [0.5, 0.6) is 0 Å². The molecule has 2 N–H and O–H groups in total. The molecule has 0 aliphatic carbocycles. The summed E-state index contributed by atoms with van der Waals surface area (Å²) in [6.45, 7) is 3.72. The molecule has 3 heteroatoms. The van der Waals surface area contributed by atoms with E-state index in [0.717, 1.165) is 32.4 Å². The molecule has 13 heavy (non-hydrogen) atoms. The molecule has 0 aromatic heterocycles. The number of hydrogen-bond acceptors (Lipinski definition) is 2. The van der Waals surface area contributed by atoms with Gasteiger partial charge in [-0.3, -0.25) is 4.79 Å². The summed E-state index contributed by atoms with van der Waals surface area (Å²) in [5, 5.41) is 6.07. The second kappa shape index (κ2) is 5.75. The van der Waals surface area contributed by atoms with E-state index in [2.05, 4.69) is 16.7 Å². The van der Waals surface area contributed by atoms with Gasteiger partial charge in [-0.1, -0.05) is 12.2 Å². The molecule has 1 aliphatic rings. The zero-order valence-corrected chi connectivity index (χ0v) is 8.18. The standard InChI is InChI=1S/C10H18N2O/c1-2-3-4-7-12-10(13)9-6-5-8-11-9/h2-3,9,11H,4-8H2,1H3,(H,12,13)/b3-2+. The van der Waals surface area contributed by atoms with Gasteiger partial charge in [0.15, 0.2) is 0 Å². The summed E-state index contributed by atoms with van der Waals surface area (Å²) in [5.74, 6) is 0.155. The zero-order chi connectivity index (χ0) is 9.52. The molecule has 0 bridgehead atoms. The first-order valence-electron chi connectivity index (χ1n) is 4.97. The lowest BCUT2D eigenvalue weighted by atomic mass is 10.2. The molecular formula is C10H18N2O. The highest BCUT2D eigenvalue weighted by Gasteiger charge is 2.20. The highest BCUT2D eigenvalue weighted by atomic mass is 16.2. The van der Waals surface area contributed by atoms with E-state index in [9.17, 15) is 4.79 Å². The lowest BCUT2D eigenvalue weighted by Crippen LogP contribution is -2.40. The summed E-state index contributed by atoms with van der Waals surface area (Å²) in [6.07, 6.45) is 7.08. The van der Waals surface area contributed by atoms with E-state index < -0.39 is 0 Å². The Kier molecular flexibility index (Phi) is 4.54. The molecule has 74 valence electrons. The van der Waals surface area contributed by atoms with Crippen molar-refractivity contribution < 1.29 is 4.79 Å². The monoisotopic (exact) mass is 182 g/mol. The largest absolute Gasteiger partial charge is 0.354 e. The number of carbonyl (C=O) groups excluding carboxylic acids is 1. The Labute approximate surface area is 79.6 Å². The lowest BCUT2D eigenvalue weighted by molar-refractivity contribution is -0.122. The zero-order valence-electron chi connectivity index (χ0n) is 8.18. The number of amides is 1. The molecule has 1 fully saturated rings. The van der Waals surface area contributed by atoms with Crippen LogP contribution in [-0.4, -0.2) is 25.0 Å². The topological polar surface area (TPSA) is 41.1 Å². The third kappa shape index (κ3) is 3.59. The number of nitrogens with one attached hydrogen (secondary N) is 2.